The molecular weight excluding hydrogens is 391 g/mol. The maximum absolute atomic E-state index is 12.0. The highest BCUT2D eigenvalue weighted by Gasteiger charge is 2.07. The quantitative estimate of drug-likeness (QED) is 0.345. The van der Waals surface area contributed by atoms with Crippen molar-refractivity contribution >= 4 is 34.7 Å². The Kier molecular flexibility index (Phi) is 6.14. The number of amides is 1. The van der Waals surface area contributed by atoms with Gasteiger partial charge in [0.05, 0.1) is 11.8 Å². The summed E-state index contributed by atoms with van der Waals surface area (Å²) in [7, 11) is 0. The van der Waals surface area contributed by atoms with Crippen LogP contribution in [0.2, 0.25) is 0 Å². The van der Waals surface area contributed by atoms with Crippen LogP contribution in [-0.2, 0) is 0 Å². The largest absolute Gasteiger partial charge is 0.489 e. The van der Waals surface area contributed by atoms with Gasteiger partial charge >= 0.3 is 0 Å². The average molecular weight is 406 g/mol. The molecule has 0 unspecified atom stereocenters. The predicted molar refractivity (Wildman–Crippen MR) is 96.4 cm³/mol. The second kappa shape index (κ2) is 8.33. The molecule has 0 atom stereocenters. The molecule has 2 rings (SSSR count). The van der Waals surface area contributed by atoms with Crippen LogP contribution in [0.1, 0.15) is 15.9 Å². The average Bonchev–Trinajstić information content (AvgIpc) is 2.54. The number of nitrogens with zero attached hydrogens (tertiary/aromatic N) is 1. The minimum Gasteiger partial charge on any atom is -0.489 e. The van der Waals surface area contributed by atoms with Crippen LogP contribution < -0.4 is 10.2 Å². The van der Waals surface area contributed by atoms with Crippen LogP contribution in [0.25, 0.3) is 0 Å². The number of hydrazone groups is 1. The van der Waals surface area contributed by atoms with E-state index in [4.69, 9.17) is 4.74 Å². The van der Waals surface area contributed by atoms with E-state index in [-0.39, 0.29) is 5.91 Å². The topological polar surface area (TPSA) is 50.7 Å². The van der Waals surface area contributed by atoms with Gasteiger partial charge in [0.15, 0.2) is 0 Å². The van der Waals surface area contributed by atoms with Crippen molar-refractivity contribution in [3.8, 4) is 5.75 Å². The highest BCUT2D eigenvalue weighted by atomic mass is 127. The highest BCUT2D eigenvalue weighted by Crippen LogP contribution is 2.15. The molecule has 0 aliphatic rings. The minimum atomic E-state index is -0.245. The summed E-state index contributed by atoms with van der Waals surface area (Å²) in [6, 6.07) is 14.8. The van der Waals surface area contributed by atoms with Crippen molar-refractivity contribution in [3.05, 3.63) is 75.9 Å². The molecule has 0 saturated carbocycles. The standard InChI is InChI=1S/C17H15IN2O2/c1-2-11-22-16-10-6-3-7-13(16)12-19-20-17(21)14-8-4-5-9-15(14)18/h2-10,12H,1,11H2,(H,20,21)/b19-12+. The van der Waals surface area contributed by atoms with Crippen molar-refractivity contribution in [1.82, 2.24) is 5.43 Å². The monoisotopic (exact) mass is 406 g/mol. The van der Waals surface area contributed by atoms with Crippen LogP contribution in [0.5, 0.6) is 5.75 Å². The number of ether oxygens (including phenoxy) is 1. The zero-order chi connectivity index (χ0) is 15.8. The van der Waals surface area contributed by atoms with Crippen LogP contribution in [0.4, 0.5) is 0 Å². The second-order valence-electron chi connectivity index (χ2n) is 4.32. The summed E-state index contributed by atoms with van der Waals surface area (Å²) in [5.74, 6) is 0.445. The fraction of sp³-hybridized carbons (Fsp3) is 0.0588. The Labute approximate surface area is 143 Å². The first-order valence-corrected chi connectivity index (χ1v) is 7.71. The zero-order valence-electron chi connectivity index (χ0n) is 11.8. The summed E-state index contributed by atoms with van der Waals surface area (Å²) >= 11 is 2.12. The number of rotatable bonds is 6. The third-order valence-electron chi connectivity index (χ3n) is 2.76. The van der Waals surface area contributed by atoms with Crippen LogP contribution in [0.15, 0.2) is 66.3 Å². The smallest absolute Gasteiger partial charge is 0.272 e. The lowest BCUT2D eigenvalue weighted by Gasteiger charge is -2.06. The molecule has 0 heterocycles. The number of hydrogen-bond acceptors (Lipinski definition) is 3. The number of nitrogens with one attached hydrogen (secondary N) is 1. The predicted octanol–water partition coefficient (Wildman–Crippen LogP) is 3.62. The fourth-order valence-corrected chi connectivity index (χ4v) is 2.37. The summed E-state index contributed by atoms with van der Waals surface area (Å²) in [6.07, 6.45) is 3.24. The van der Waals surface area contributed by atoms with Crippen LogP contribution in [0.3, 0.4) is 0 Å². The van der Waals surface area contributed by atoms with Crippen molar-refractivity contribution in [3.63, 3.8) is 0 Å². The van der Waals surface area contributed by atoms with Crippen molar-refractivity contribution in [2.24, 2.45) is 5.10 Å². The molecule has 0 aliphatic heterocycles. The molecule has 112 valence electrons. The van der Waals surface area contributed by atoms with Crippen molar-refractivity contribution in [1.29, 1.82) is 0 Å². The Balaban J connectivity index is 2.05. The molecule has 4 nitrogen and oxygen atoms in total. The molecular formula is C17H15IN2O2. The van der Waals surface area contributed by atoms with Gasteiger partial charge in [0, 0.05) is 9.13 Å². The maximum Gasteiger partial charge on any atom is 0.272 e. The van der Waals surface area contributed by atoms with E-state index in [1.807, 2.05) is 42.5 Å². The Hall–Kier alpha value is -2.15. The molecule has 0 spiro atoms. The van der Waals surface area contributed by atoms with E-state index in [0.717, 1.165) is 9.13 Å². The molecule has 22 heavy (non-hydrogen) atoms. The Morgan fingerprint density at radius 2 is 1.95 bits per heavy atom. The van der Waals surface area contributed by atoms with Gasteiger partial charge in [-0.25, -0.2) is 5.43 Å². The second-order valence-corrected chi connectivity index (χ2v) is 5.48. The van der Waals surface area contributed by atoms with Crippen molar-refractivity contribution in [2.75, 3.05) is 6.61 Å². The lowest BCUT2D eigenvalue weighted by atomic mass is 10.2. The third kappa shape index (κ3) is 4.42. The lowest BCUT2D eigenvalue weighted by Crippen LogP contribution is -2.18. The Morgan fingerprint density at radius 3 is 2.73 bits per heavy atom. The first kappa shape index (κ1) is 16.2. The van der Waals surface area contributed by atoms with E-state index in [2.05, 4.69) is 39.7 Å². The maximum atomic E-state index is 12.0. The molecule has 0 bridgehead atoms. The third-order valence-corrected chi connectivity index (χ3v) is 3.70. The number of para-hydroxylation sites is 1. The Morgan fingerprint density at radius 1 is 1.23 bits per heavy atom. The summed E-state index contributed by atoms with van der Waals surface area (Å²) < 4.78 is 6.40. The molecule has 0 radical (unpaired) electrons. The SMILES string of the molecule is C=CCOc1ccccc1/C=N/NC(=O)c1ccccc1I. The molecule has 2 aromatic carbocycles. The van der Waals surface area contributed by atoms with E-state index < -0.39 is 0 Å². The van der Waals surface area contributed by atoms with Crippen molar-refractivity contribution in [2.45, 2.75) is 0 Å². The van der Waals surface area contributed by atoms with E-state index in [1.54, 1.807) is 18.4 Å². The molecule has 0 saturated heterocycles. The van der Waals surface area contributed by atoms with Gasteiger partial charge in [0.25, 0.3) is 5.91 Å². The van der Waals surface area contributed by atoms with Crippen LogP contribution in [0, 0.1) is 3.57 Å². The molecule has 2 aromatic rings. The van der Waals surface area contributed by atoms with Gasteiger partial charge in [0.2, 0.25) is 0 Å². The minimum absolute atomic E-state index is 0.245. The number of halogens is 1. The molecule has 5 heteroatoms. The summed E-state index contributed by atoms with van der Waals surface area (Å²) in [5, 5.41) is 3.99. The van der Waals surface area contributed by atoms with Gasteiger partial charge in [-0.3, -0.25) is 4.79 Å². The zero-order valence-corrected chi connectivity index (χ0v) is 14.0. The lowest BCUT2D eigenvalue weighted by molar-refractivity contribution is 0.0954. The van der Waals surface area contributed by atoms with E-state index in [9.17, 15) is 4.79 Å². The first-order valence-electron chi connectivity index (χ1n) is 6.63. The first-order chi connectivity index (χ1) is 10.7. The summed E-state index contributed by atoms with van der Waals surface area (Å²) in [5.41, 5.74) is 3.90. The van der Waals surface area contributed by atoms with Crippen LogP contribution >= 0.6 is 22.6 Å². The number of carbonyl (C=O) groups excluding carboxylic acids is 1. The van der Waals surface area contributed by atoms with E-state index in [1.165, 1.54) is 0 Å². The van der Waals surface area contributed by atoms with Gasteiger partial charge in [-0.2, -0.15) is 5.10 Å². The van der Waals surface area contributed by atoms with Gasteiger partial charge in [-0.1, -0.05) is 36.9 Å². The number of benzene rings is 2. The summed E-state index contributed by atoms with van der Waals surface area (Å²) in [4.78, 5) is 12.0. The fourth-order valence-electron chi connectivity index (χ4n) is 1.73. The highest BCUT2D eigenvalue weighted by molar-refractivity contribution is 14.1. The normalized spacial score (nSPS) is 10.4. The molecule has 0 fully saturated rings. The summed E-state index contributed by atoms with van der Waals surface area (Å²) in [6.45, 7) is 4.03. The Bertz CT molecular complexity index is 699. The number of carbonyl (C=O) groups is 1. The van der Waals surface area contributed by atoms with Gasteiger partial charge in [-0.05, 0) is 46.9 Å². The molecule has 0 aliphatic carbocycles. The molecule has 1 N–H and O–H groups in total. The molecule has 1 amide bonds. The van der Waals surface area contributed by atoms with Gasteiger partial charge in [0.1, 0.15) is 12.4 Å². The molecule has 0 aromatic heterocycles. The van der Waals surface area contributed by atoms with Gasteiger partial charge in [-0.15, -0.1) is 0 Å². The van der Waals surface area contributed by atoms with Crippen LogP contribution in [-0.4, -0.2) is 18.7 Å². The van der Waals surface area contributed by atoms with Gasteiger partial charge < -0.3 is 4.74 Å². The number of hydrogen-bond donors (Lipinski definition) is 1. The van der Waals surface area contributed by atoms with E-state index >= 15 is 0 Å². The van der Waals surface area contributed by atoms with Crippen molar-refractivity contribution < 1.29 is 9.53 Å². The van der Waals surface area contributed by atoms with E-state index in [0.29, 0.717) is 17.9 Å².